The standard InChI is InChI=1S/C52H65N7O8/c1-3-4-5-6-13-21-47(61)55-30-15-14-20-46(50(63)57-44(31-36-16-9-7-10-17-36)49(62)58-45(52(65)66)32-37-22-26-41(60)27-23-37)59(51(64)43(53)33-40-34-54-35-56-40)48(38-18-11-8-12-19-38)39-24-28-42(67-2)29-25-39/h7-12,16-19,22-29,34-35,43-46,48,60H,3-6,13-15,20-21,30-33,53H2,1-2H3,(H,54,56)(H,55,61)(H,57,63)(H,58,62)(H,65,66)/t43-,44-,45-,46-,48?/m0/s1. The van der Waals surface area contributed by atoms with Gasteiger partial charge in [-0.05, 0) is 72.2 Å². The van der Waals surface area contributed by atoms with Crippen LogP contribution >= 0.6 is 0 Å². The van der Waals surface area contributed by atoms with E-state index in [0.29, 0.717) is 59.5 Å². The molecule has 0 aliphatic heterocycles. The number of carbonyl (C=O) groups is 5. The Morgan fingerprint density at radius 3 is 2.00 bits per heavy atom. The summed E-state index contributed by atoms with van der Waals surface area (Å²) in [6.45, 7) is 2.50. The fraction of sp³-hybridized carbons (Fsp3) is 0.385. The Kier molecular flexibility index (Phi) is 20.4. The molecular weight excluding hydrogens is 851 g/mol. The monoisotopic (exact) mass is 915 g/mol. The molecule has 0 aliphatic carbocycles. The molecular formula is C52H65N7O8. The zero-order valence-corrected chi connectivity index (χ0v) is 38.4. The first-order valence-corrected chi connectivity index (χ1v) is 23.1. The maximum absolute atomic E-state index is 15.3. The molecule has 0 fully saturated rings. The summed E-state index contributed by atoms with van der Waals surface area (Å²) in [4.78, 5) is 79.0. The van der Waals surface area contributed by atoms with Crippen molar-refractivity contribution in [3.8, 4) is 11.5 Å². The summed E-state index contributed by atoms with van der Waals surface area (Å²) in [6, 6.07) is 25.6. The molecule has 0 radical (unpaired) electrons. The van der Waals surface area contributed by atoms with Gasteiger partial charge in [0.25, 0.3) is 0 Å². The van der Waals surface area contributed by atoms with Gasteiger partial charge in [0.1, 0.15) is 29.6 Å². The van der Waals surface area contributed by atoms with Crippen LogP contribution in [0.5, 0.6) is 11.5 Å². The lowest BCUT2D eigenvalue weighted by Gasteiger charge is -2.40. The second-order valence-electron chi connectivity index (χ2n) is 16.7. The van der Waals surface area contributed by atoms with Gasteiger partial charge in [-0.15, -0.1) is 0 Å². The molecule has 5 rings (SSSR count). The number of carboxylic acids is 1. The number of aromatic hydroxyl groups is 1. The highest BCUT2D eigenvalue weighted by atomic mass is 16.5. The van der Waals surface area contributed by atoms with Gasteiger partial charge in [-0.1, -0.05) is 118 Å². The number of rotatable bonds is 28. The van der Waals surface area contributed by atoms with Gasteiger partial charge in [0.15, 0.2) is 0 Å². The van der Waals surface area contributed by atoms with E-state index in [9.17, 15) is 24.6 Å². The van der Waals surface area contributed by atoms with Crippen LogP contribution in [0.1, 0.15) is 98.7 Å². The number of nitrogens with two attached hydrogens (primary N) is 1. The van der Waals surface area contributed by atoms with Crippen molar-refractivity contribution >= 4 is 29.6 Å². The Hall–Kier alpha value is -7.00. The predicted octanol–water partition coefficient (Wildman–Crippen LogP) is 6.17. The summed E-state index contributed by atoms with van der Waals surface area (Å²) in [7, 11) is 1.55. The molecule has 0 saturated heterocycles. The Labute approximate surface area is 392 Å². The molecule has 1 aromatic heterocycles. The molecule has 15 heteroatoms. The predicted molar refractivity (Wildman–Crippen MR) is 256 cm³/mol. The molecule has 356 valence electrons. The second kappa shape index (κ2) is 26.8. The van der Waals surface area contributed by atoms with Crippen molar-refractivity contribution in [2.24, 2.45) is 5.73 Å². The van der Waals surface area contributed by atoms with Crippen molar-refractivity contribution in [1.82, 2.24) is 30.8 Å². The number of hydrogen-bond acceptors (Lipinski definition) is 9. The molecule has 1 unspecified atom stereocenters. The van der Waals surface area contributed by atoms with Crippen LogP contribution in [0.2, 0.25) is 0 Å². The van der Waals surface area contributed by atoms with Crippen molar-refractivity contribution in [3.05, 3.63) is 150 Å². The zero-order valence-electron chi connectivity index (χ0n) is 38.4. The van der Waals surface area contributed by atoms with Gasteiger partial charge in [-0.2, -0.15) is 0 Å². The number of phenolic OH excluding ortho intramolecular Hbond substituents is 1. The van der Waals surface area contributed by atoms with Crippen molar-refractivity contribution in [2.45, 2.75) is 114 Å². The number of carbonyl (C=O) groups excluding carboxylic acids is 4. The van der Waals surface area contributed by atoms with Gasteiger partial charge in [0.2, 0.25) is 23.6 Å². The molecule has 8 N–H and O–H groups in total. The number of nitrogens with zero attached hydrogens (tertiary/aromatic N) is 2. The van der Waals surface area contributed by atoms with Crippen LogP contribution in [0, 0.1) is 0 Å². The number of H-pyrrole nitrogens is 1. The van der Waals surface area contributed by atoms with E-state index in [0.717, 1.165) is 32.1 Å². The maximum atomic E-state index is 15.3. The fourth-order valence-electron chi connectivity index (χ4n) is 8.03. The smallest absolute Gasteiger partial charge is 0.326 e. The van der Waals surface area contributed by atoms with Gasteiger partial charge in [-0.3, -0.25) is 19.2 Å². The molecule has 4 amide bonds. The molecule has 0 spiro atoms. The SMILES string of the molecule is CCCCCCCC(=O)NCCCC[C@@H](C(=O)N[C@@H](Cc1ccccc1)C(=O)N[C@@H](Cc1ccc(O)cc1)C(=O)O)N(C(=O)[C@@H](N)Cc1c[nH]cn1)C(c1ccccc1)c1ccc(OC)cc1. The number of methoxy groups -OCH3 is 1. The molecule has 5 atom stereocenters. The van der Waals surface area contributed by atoms with Crippen molar-refractivity contribution < 1.29 is 38.9 Å². The number of aromatic amines is 1. The number of benzene rings is 4. The van der Waals surface area contributed by atoms with Crippen LogP contribution in [-0.2, 0) is 43.2 Å². The molecule has 15 nitrogen and oxygen atoms in total. The lowest BCUT2D eigenvalue weighted by Crippen LogP contribution is -2.59. The molecule has 67 heavy (non-hydrogen) atoms. The minimum atomic E-state index is -1.38. The highest BCUT2D eigenvalue weighted by molar-refractivity contribution is 5.94. The Bertz CT molecular complexity index is 2280. The number of aliphatic carboxylic acids is 1. The van der Waals surface area contributed by atoms with Crippen molar-refractivity contribution in [1.29, 1.82) is 0 Å². The number of phenols is 1. The summed E-state index contributed by atoms with van der Waals surface area (Å²) < 4.78 is 5.48. The van der Waals surface area contributed by atoms with Gasteiger partial charge >= 0.3 is 5.97 Å². The highest BCUT2D eigenvalue weighted by Crippen LogP contribution is 2.34. The molecule has 4 aromatic carbocycles. The average Bonchev–Trinajstić information content (AvgIpc) is 3.85. The van der Waals surface area contributed by atoms with Crippen LogP contribution in [0.4, 0.5) is 0 Å². The van der Waals surface area contributed by atoms with Crippen LogP contribution in [-0.4, -0.2) is 92.5 Å². The summed E-state index contributed by atoms with van der Waals surface area (Å²) in [5.41, 5.74) is 9.94. The first-order chi connectivity index (χ1) is 32.5. The van der Waals surface area contributed by atoms with E-state index in [2.05, 4.69) is 32.8 Å². The summed E-state index contributed by atoms with van der Waals surface area (Å²) in [6.07, 6.45) is 9.63. The number of unbranched alkanes of at least 4 members (excludes halogenated alkanes) is 5. The number of amides is 4. The molecule has 0 bridgehead atoms. The minimum absolute atomic E-state index is 0.00558. The van der Waals surface area contributed by atoms with Gasteiger partial charge in [0.05, 0.1) is 31.2 Å². The first kappa shape index (κ1) is 51.0. The Morgan fingerprint density at radius 1 is 0.731 bits per heavy atom. The van der Waals surface area contributed by atoms with E-state index in [1.165, 1.54) is 23.4 Å². The van der Waals surface area contributed by atoms with Gasteiger partial charge in [0, 0.05) is 38.4 Å². The van der Waals surface area contributed by atoms with Crippen molar-refractivity contribution in [3.63, 3.8) is 0 Å². The van der Waals surface area contributed by atoms with E-state index in [1.807, 2.05) is 48.5 Å². The quantitative estimate of drug-likeness (QED) is 0.0283. The minimum Gasteiger partial charge on any atom is -0.508 e. The fourth-order valence-corrected chi connectivity index (χ4v) is 8.03. The maximum Gasteiger partial charge on any atom is 0.326 e. The molecule has 1 heterocycles. The number of nitrogens with one attached hydrogen (secondary N) is 4. The molecule has 0 aliphatic rings. The lowest BCUT2D eigenvalue weighted by atomic mass is 9.92. The largest absolute Gasteiger partial charge is 0.508 e. The second-order valence-corrected chi connectivity index (χ2v) is 16.7. The van der Waals surface area contributed by atoms with Gasteiger partial charge < -0.3 is 46.5 Å². The highest BCUT2D eigenvalue weighted by Gasteiger charge is 2.40. The first-order valence-electron chi connectivity index (χ1n) is 23.1. The van der Waals surface area contributed by atoms with E-state index in [4.69, 9.17) is 10.5 Å². The van der Waals surface area contributed by atoms with E-state index in [-0.39, 0.29) is 37.3 Å². The van der Waals surface area contributed by atoms with Crippen LogP contribution in [0.3, 0.4) is 0 Å². The van der Waals surface area contributed by atoms with Crippen LogP contribution < -0.4 is 26.4 Å². The number of ether oxygens (including phenoxy) is 1. The van der Waals surface area contributed by atoms with E-state index in [1.54, 1.807) is 61.8 Å². The summed E-state index contributed by atoms with van der Waals surface area (Å²) >= 11 is 0. The topological polar surface area (TPSA) is 229 Å². The number of hydrogen-bond donors (Lipinski definition) is 7. The molecule has 5 aromatic rings. The van der Waals surface area contributed by atoms with E-state index < -0.39 is 53.9 Å². The average molecular weight is 916 g/mol. The summed E-state index contributed by atoms with van der Waals surface area (Å²) in [5.74, 6) is -2.70. The lowest BCUT2D eigenvalue weighted by molar-refractivity contribution is -0.145. The van der Waals surface area contributed by atoms with Crippen molar-refractivity contribution in [2.75, 3.05) is 13.7 Å². The van der Waals surface area contributed by atoms with Crippen LogP contribution in [0.15, 0.2) is 122 Å². The number of aromatic nitrogens is 2. The van der Waals surface area contributed by atoms with Gasteiger partial charge in [-0.25, -0.2) is 9.78 Å². The van der Waals surface area contributed by atoms with E-state index >= 15 is 9.59 Å². The Balaban J connectivity index is 1.53. The normalized spacial score (nSPS) is 13.3. The molecule has 0 saturated carbocycles. The third kappa shape index (κ3) is 16.1. The summed E-state index contributed by atoms with van der Waals surface area (Å²) in [5, 5.41) is 28.7. The third-order valence-corrected chi connectivity index (χ3v) is 11.7. The number of carboxylic acid groups (broad SMARTS) is 1. The zero-order chi connectivity index (χ0) is 48.0. The third-order valence-electron chi connectivity index (χ3n) is 11.7. The number of imidazole rings is 1. The van der Waals surface area contributed by atoms with Crippen LogP contribution in [0.25, 0.3) is 0 Å². The Morgan fingerprint density at radius 2 is 1.36 bits per heavy atom.